The standard InChI is InChI=1S/C13H20N4OS2/c1-5-9-6-15-11(19-9)8-14-7-10-12(18-4)16-13(20-10)17(2)3/h6,14H,5,7-8H2,1-4H3. The Bertz CT molecular complexity index is 550. The van der Waals surface area contributed by atoms with Crippen molar-refractivity contribution < 1.29 is 4.74 Å². The molecule has 0 fully saturated rings. The Balaban J connectivity index is 1.93. The van der Waals surface area contributed by atoms with Crippen molar-refractivity contribution in [3.8, 4) is 5.88 Å². The van der Waals surface area contributed by atoms with E-state index in [2.05, 4.69) is 22.2 Å². The molecule has 1 N–H and O–H groups in total. The molecule has 0 aliphatic carbocycles. The second-order valence-corrected chi connectivity index (χ2v) is 6.76. The van der Waals surface area contributed by atoms with Crippen LogP contribution in [-0.2, 0) is 19.5 Å². The fourth-order valence-corrected chi connectivity index (χ4v) is 3.42. The van der Waals surface area contributed by atoms with Crippen LogP contribution >= 0.6 is 22.7 Å². The molecule has 2 aromatic heterocycles. The van der Waals surface area contributed by atoms with Crippen LogP contribution in [0, 0.1) is 0 Å². The van der Waals surface area contributed by atoms with Crippen LogP contribution in [-0.4, -0.2) is 31.2 Å². The van der Waals surface area contributed by atoms with E-state index < -0.39 is 0 Å². The Hall–Kier alpha value is -1.18. The molecule has 0 spiro atoms. The Morgan fingerprint density at radius 2 is 2.10 bits per heavy atom. The van der Waals surface area contributed by atoms with Gasteiger partial charge in [-0.05, 0) is 6.42 Å². The van der Waals surface area contributed by atoms with Gasteiger partial charge in [0.1, 0.15) is 5.01 Å². The molecule has 0 saturated heterocycles. The molecule has 7 heteroatoms. The maximum Gasteiger partial charge on any atom is 0.230 e. The lowest BCUT2D eigenvalue weighted by Gasteiger charge is -2.04. The first-order chi connectivity index (χ1) is 9.63. The van der Waals surface area contributed by atoms with E-state index in [9.17, 15) is 0 Å². The minimum absolute atomic E-state index is 0.708. The molecular weight excluding hydrogens is 292 g/mol. The molecule has 0 radical (unpaired) electrons. The van der Waals surface area contributed by atoms with Crippen molar-refractivity contribution in [2.45, 2.75) is 26.4 Å². The van der Waals surface area contributed by atoms with Crippen LogP contribution < -0.4 is 15.0 Å². The van der Waals surface area contributed by atoms with Crippen LogP contribution in [0.4, 0.5) is 5.13 Å². The molecule has 0 aliphatic rings. The van der Waals surface area contributed by atoms with Gasteiger partial charge in [0.25, 0.3) is 0 Å². The van der Waals surface area contributed by atoms with E-state index in [0.717, 1.165) is 34.5 Å². The SMILES string of the molecule is CCc1cnc(CNCc2sc(N(C)C)nc2OC)s1. The average Bonchev–Trinajstić information content (AvgIpc) is 3.05. The number of hydrogen-bond donors (Lipinski definition) is 1. The van der Waals surface area contributed by atoms with Crippen molar-refractivity contribution in [3.05, 3.63) is 21.0 Å². The van der Waals surface area contributed by atoms with Crippen LogP contribution in [0.3, 0.4) is 0 Å². The highest BCUT2D eigenvalue weighted by atomic mass is 32.1. The molecule has 0 amide bonds. The summed E-state index contributed by atoms with van der Waals surface area (Å²) >= 11 is 3.41. The number of nitrogens with zero attached hydrogens (tertiary/aromatic N) is 3. The van der Waals surface area contributed by atoms with Gasteiger partial charge in [-0.2, -0.15) is 4.98 Å². The summed E-state index contributed by atoms with van der Waals surface area (Å²) in [4.78, 5) is 13.3. The normalized spacial score (nSPS) is 10.8. The number of hydrogen-bond acceptors (Lipinski definition) is 7. The van der Waals surface area contributed by atoms with Gasteiger partial charge in [0, 0.05) is 38.3 Å². The number of aryl methyl sites for hydroxylation is 1. The Morgan fingerprint density at radius 3 is 2.70 bits per heavy atom. The zero-order chi connectivity index (χ0) is 14.5. The molecule has 2 aromatic rings. The Morgan fingerprint density at radius 1 is 1.30 bits per heavy atom. The minimum Gasteiger partial charge on any atom is -0.480 e. The zero-order valence-electron chi connectivity index (χ0n) is 12.3. The van der Waals surface area contributed by atoms with E-state index in [1.807, 2.05) is 25.2 Å². The van der Waals surface area contributed by atoms with E-state index in [1.54, 1.807) is 29.8 Å². The summed E-state index contributed by atoms with van der Waals surface area (Å²) in [5, 5.41) is 5.48. The Kier molecular flexibility index (Phi) is 5.33. The summed E-state index contributed by atoms with van der Waals surface area (Å²) in [6.45, 7) is 3.68. The van der Waals surface area contributed by atoms with Gasteiger partial charge in [0.15, 0.2) is 5.13 Å². The molecule has 2 heterocycles. The zero-order valence-corrected chi connectivity index (χ0v) is 13.9. The van der Waals surface area contributed by atoms with Crippen LogP contribution in [0.25, 0.3) is 0 Å². The highest BCUT2D eigenvalue weighted by Crippen LogP contribution is 2.30. The quantitative estimate of drug-likeness (QED) is 0.851. The van der Waals surface area contributed by atoms with Gasteiger partial charge < -0.3 is 15.0 Å². The van der Waals surface area contributed by atoms with Crippen molar-refractivity contribution in [1.29, 1.82) is 0 Å². The van der Waals surface area contributed by atoms with E-state index in [0.29, 0.717) is 5.88 Å². The third kappa shape index (κ3) is 3.68. The summed E-state index contributed by atoms with van der Waals surface area (Å²) in [7, 11) is 5.63. The molecule has 20 heavy (non-hydrogen) atoms. The van der Waals surface area contributed by atoms with Crippen LogP contribution in [0.2, 0.25) is 0 Å². The van der Waals surface area contributed by atoms with Gasteiger partial charge in [0.05, 0.1) is 12.0 Å². The van der Waals surface area contributed by atoms with Gasteiger partial charge in [-0.25, -0.2) is 4.98 Å². The monoisotopic (exact) mass is 312 g/mol. The van der Waals surface area contributed by atoms with Crippen molar-refractivity contribution >= 4 is 27.8 Å². The number of aromatic nitrogens is 2. The van der Waals surface area contributed by atoms with E-state index >= 15 is 0 Å². The van der Waals surface area contributed by atoms with Gasteiger partial charge >= 0.3 is 0 Å². The molecule has 0 bridgehead atoms. The van der Waals surface area contributed by atoms with Crippen molar-refractivity contribution in [3.63, 3.8) is 0 Å². The maximum atomic E-state index is 5.32. The minimum atomic E-state index is 0.708. The predicted molar refractivity (Wildman–Crippen MR) is 85.0 cm³/mol. The summed E-state index contributed by atoms with van der Waals surface area (Å²) < 4.78 is 5.32. The number of thiazole rings is 2. The molecule has 0 atom stereocenters. The van der Waals surface area contributed by atoms with Crippen molar-refractivity contribution in [1.82, 2.24) is 15.3 Å². The van der Waals surface area contributed by atoms with Crippen molar-refractivity contribution in [2.24, 2.45) is 0 Å². The highest BCUT2D eigenvalue weighted by molar-refractivity contribution is 7.15. The molecule has 0 aromatic carbocycles. The number of rotatable bonds is 7. The van der Waals surface area contributed by atoms with Gasteiger partial charge in [-0.15, -0.1) is 11.3 Å². The molecule has 110 valence electrons. The second kappa shape index (κ2) is 7.01. The van der Waals surface area contributed by atoms with E-state index in [-0.39, 0.29) is 0 Å². The number of methoxy groups -OCH3 is 1. The maximum absolute atomic E-state index is 5.32. The summed E-state index contributed by atoms with van der Waals surface area (Å²) in [6.07, 6.45) is 3.01. The largest absolute Gasteiger partial charge is 0.480 e. The lowest BCUT2D eigenvalue weighted by Crippen LogP contribution is -2.12. The van der Waals surface area contributed by atoms with E-state index in [4.69, 9.17) is 4.74 Å². The molecule has 0 saturated carbocycles. The van der Waals surface area contributed by atoms with Crippen LogP contribution in [0.1, 0.15) is 21.7 Å². The summed E-state index contributed by atoms with van der Waals surface area (Å²) in [5.74, 6) is 0.708. The van der Waals surface area contributed by atoms with Crippen LogP contribution in [0.15, 0.2) is 6.20 Å². The third-order valence-corrected chi connectivity index (χ3v) is 5.08. The number of ether oxygens (including phenoxy) is 1. The molecule has 0 unspecified atom stereocenters. The fourth-order valence-electron chi connectivity index (χ4n) is 1.66. The number of nitrogens with one attached hydrogen (secondary N) is 1. The fraction of sp³-hybridized carbons (Fsp3) is 0.538. The first kappa shape index (κ1) is 15.2. The third-order valence-electron chi connectivity index (χ3n) is 2.74. The summed E-state index contributed by atoms with van der Waals surface area (Å²) in [5.41, 5.74) is 0. The topological polar surface area (TPSA) is 50.3 Å². The molecular formula is C13H20N4OS2. The lowest BCUT2D eigenvalue weighted by atomic mass is 10.4. The summed E-state index contributed by atoms with van der Waals surface area (Å²) in [6, 6.07) is 0. The Labute approximate surface area is 127 Å². The molecule has 0 aliphatic heterocycles. The predicted octanol–water partition coefficient (Wildman–Crippen LogP) is 2.53. The van der Waals surface area contributed by atoms with Gasteiger partial charge in [0.2, 0.25) is 5.88 Å². The van der Waals surface area contributed by atoms with Gasteiger partial charge in [-0.3, -0.25) is 0 Å². The molecule has 2 rings (SSSR count). The average molecular weight is 312 g/mol. The first-order valence-electron chi connectivity index (χ1n) is 6.49. The van der Waals surface area contributed by atoms with E-state index in [1.165, 1.54) is 4.88 Å². The second-order valence-electron chi connectivity index (χ2n) is 4.50. The first-order valence-corrected chi connectivity index (χ1v) is 8.12. The van der Waals surface area contributed by atoms with Crippen molar-refractivity contribution in [2.75, 3.05) is 26.1 Å². The van der Waals surface area contributed by atoms with Crippen LogP contribution in [0.5, 0.6) is 5.88 Å². The lowest BCUT2D eigenvalue weighted by molar-refractivity contribution is 0.394. The highest BCUT2D eigenvalue weighted by Gasteiger charge is 2.12. The van der Waals surface area contributed by atoms with Gasteiger partial charge in [-0.1, -0.05) is 18.3 Å². The number of anilines is 1. The molecule has 5 nitrogen and oxygen atoms in total. The smallest absolute Gasteiger partial charge is 0.230 e.